The van der Waals surface area contributed by atoms with Crippen LogP contribution in [-0.2, 0) is 77.7 Å². The molecule has 0 saturated carbocycles. The van der Waals surface area contributed by atoms with Gasteiger partial charge in [-0.15, -0.1) is 0 Å². The summed E-state index contributed by atoms with van der Waals surface area (Å²) in [7, 11) is 0. The largest absolute Gasteiger partial charge is 2.00 e. The van der Waals surface area contributed by atoms with Crippen LogP contribution in [-0.4, -0.2) is 74.2 Å². The normalized spacial score (nSPS) is 10.6. The molecule has 0 unspecified atom stereocenters. The van der Waals surface area contributed by atoms with Gasteiger partial charge in [0.05, 0.1) is 47.8 Å². The van der Waals surface area contributed by atoms with Gasteiger partial charge >= 0.3 is 68.3 Å². The molecular formula is C112H88Fe4O18. The molecule has 0 spiro atoms. The number of carboxylic acid groups (broad SMARTS) is 8. The number of ether oxygens (including phenoxy) is 2. The average Bonchev–Trinajstić information content (AvgIpc) is 1.19. The molecule has 134 heavy (non-hydrogen) atoms. The van der Waals surface area contributed by atoms with E-state index in [-0.39, 0.29) is 113 Å². The van der Waals surface area contributed by atoms with E-state index >= 15 is 0 Å². The first-order valence-electron chi connectivity index (χ1n) is 41.3. The molecule has 2 aliphatic rings. The quantitative estimate of drug-likeness (QED) is 0.0811. The zero-order valence-electron chi connectivity index (χ0n) is 72.0. The number of hydrogen-bond acceptors (Lipinski definition) is 18. The van der Waals surface area contributed by atoms with Crippen molar-refractivity contribution in [3.8, 4) is 89.0 Å². The van der Waals surface area contributed by atoms with Crippen LogP contribution in [0.2, 0.25) is 0 Å². The molecule has 0 aromatic heterocycles. The van der Waals surface area contributed by atoms with Crippen LogP contribution in [0.15, 0.2) is 437 Å². The van der Waals surface area contributed by atoms with Gasteiger partial charge in [0, 0.05) is 70.9 Å². The Morgan fingerprint density at radius 3 is 0.313 bits per heavy atom. The van der Waals surface area contributed by atoms with Crippen LogP contribution in [0.1, 0.15) is 109 Å². The minimum Gasteiger partial charge on any atom is -0.545 e. The van der Waals surface area contributed by atoms with E-state index in [4.69, 9.17) is 9.47 Å². The summed E-state index contributed by atoms with van der Waals surface area (Å²) in [4.78, 5) is 87.1. The Kier molecular flexibility index (Phi) is 50.0. The van der Waals surface area contributed by atoms with Crippen LogP contribution in [0, 0.1) is 0 Å². The minimum absolute atomic E-state index is 0. The molecular weight excluding hydrogens is 1860 g/mol. The van der Waals surface area contributed by atoms with Crippen molar-refractivity contribution >= 4 is 47.8 Å². The number of carbonyl (C=O) groups is 8. The number of carbonyl (C=O) groups excluding carboxylic acids is 8. The zero-order valence-corrected chi connectivity index (χ0v) is 76.4. The summed E-state index contributed by atoms with van der Waals surface area (Å²) in [5.41, 5.74) is 14.4. The number of rotatable bonds is 16. The van der Waals surface area contributed by atoms with E-state index in [1.54, 1.807) is 146 Å². The summed E-state index contributed by atoms with van der Waals surface area (Å²) >= 11 is 0. The number of carboxylic acids is 8. The van der Waals surface area contributed by atoms with Gasteiger partial charge < -0.3 is 88.7 Å². The van der Waals surface area contributed by atoms with Crippen molar-refractivity contribution in [2.45, 2.75) is 25.7 Å². The molecule has 0 amide bonds. The summed E-state index contributed by atoms with van der Waals surface area (Å²) in [6.45, 7) is 4.00. The summed E-state index contributed by atoms with van der Waals surface area (Å²) in [6, 6.07) is 130. The van der Waals surface area contributed by atoms with Crippen LogP contribution in [0.25, 0.3) is 89.0 Å². The van der Waals surface area contributed by atoms with E-state index in [2.05, 4.69) is 0 Å². The smallest absolute Gasteiger partial charge is 0.545 e. The molecule has 18 rings (SSSR count). The molecule has 0 atom stereocenters. The minimum atomic E-state index is -1.14. The Hall–Kier alpha value is -14.7. The summed E-state index contributed by atoms with van der Waals surface area (Å²) in [5.74, 6) is -9.15. The molecule has 2 saturated heterocycles. The summed E-state index contributed by atoms with van der Waals surface area (Å²) < 4.78 is 9.89. The van der Waals surface area contributed by atoms with Gasteiger partial charge in [0.15, 0.2) is 0 Å². The molecule has 2 heterocycles. The standard InChI is InChI=1S/8C13H10O2.2C4H8O.4Fe/c8*14-13(15)12-9-5-4-8-11(12)10-6-2-1-3-7-10;2*1-2-4-5-3-1;;;;/h8*1-9H,(H,14,15);2*1-4H2;;;;/q;;;;;;;;;;4*+2/p-8. The molecule has 18 nitrogen and oxygen atoms in total. The number of benzene rings is 16. The SMILES string of the molecule is C1CCOC1.C1CCOC1.O=C([O-])c1ccccc1-c1ccccc1.O=C([O-])c1ccccc1-c1ccccc1.O=C([O-])c1ccccc1-c1ccccc1.O=C([O-])c1ccccc1-c1ccccc1.O=C([O-])c1ccccc1-c1ccccc1.O=C([O-])c1ccccc1-c1ccccc1.O=C([O-])c1ccccc1-c1ccccc1.O=C([O-])c1ccccc1-c1ccccc1.[Fe+2].[Fe+2].[Fe+2].[Fe+2]. The van der Waals surface area contributed by atoms with Crippen LogP contribution in [0.5, 0.6) is 0 Å². The van der Waals surface area contributed by atoms with E-state index < -0.39 is 47.8 Å². The predicted molar refractivity (Wildman–Crippen MR) is 490 cm³/mol. The van der Waals surface area contributed by atoms with Crippen LogP contribution >= 0.6 is 0 Å². The van der Waals surface area contributed by atoms with Gasteiger partial charge in [-0.2, -0.15) is 0 Å². The first-order chi connectivity index (χ1) is 63.3. The molecule has 16 aromatic rings. The van der Waals surface area contributed by atoms with E-state index in [0.717, 1.165) is 70.9 Å². The second kappa shape index (κ2) is 61.0. The van der Waals surface area contributed by atoms with Crippen molar-refractivity contribution in [3.63, 3.8) is 0 Å². The Labute approximate surface area is 820 Å². The van der Waals surface area contributed by atoms with Gasteiger partial charge in [-0.3, -0.25) is 0 Å². The third-order valence-electron chi connectivity index (χ3n) is 19.5. The molecule has 2 fully saturated rings. The molecule has 676 valence electrons. The molecule has 22 heteroatoms. The van der Waals surface area contributed by atoms with Gasteiger partial charge in [0.25, 0.3) is 0 Å². The summed E-state index contributed by atoms with van der Waals surface area (Å²) in [6.07, 6.45) is 5.11. The summed E-state index contributed by atoms with van der Waals surface area (Å²) in [5, 5.41) is 87.1. The van der Waals surface area contributed by atoms with Crippen molar-refractivity contribution in [2.75, 3.05) is 26.4 Å². The maximum atomic E-state index is 10.9. The van der Waals surface area contributed by atoms with Crippen LogP contribution in [0.4, 0.5) is 0 Å². The molecule has 2 aliphatic heterocycles. The maximum absolute atomic E-state index is 10.9. The third kappa shape index (κ3) is 35.5. The van der Waals surface area contributed by atoms with Crippen molar-refractivity contribution in [2.24, 2.45) is 0 Å². The monoisotopic (exact) mass is 1940 g/mol. The van der Waals surface area contributed by atoms with Crippen molar-refractivity contribution < 1.29 is 157 Å². The van der Waals surface area contributed by atoms with Crippen LogP contribution < -0.4 is 40.9 Å². The fourth-order valence-electron chi connectivity index (χ4n) is 13.3. The Morgan fingerprint density at radius 2 is 0.231 bits per heavy atom. The van der Waals surface area contributed by atoms with Gasteiger partial charge in [-0.05, 0) is 115 Å². The topological polar surface area (TPSA) is 339 Å². The van der Waals surface area contributed by atoms with E-state index in [0.29, 0.717) is 44.5 Å². The number of aromatic carboxylic acids is 8. The fraction of sp³-hybridized carbons (Fsp3) is 0.0714. The molecule has 0 N–H and O–H groups in total. The fourth-order valence-corrected chi connectivity index (χ4v) is 13.3. The van der Waals surface area contributed by atoms with Crippen LogP contribution in [0.3, 0.4) is 0 Å². The first-order valence-corrected chi connectivity index (χ1v) is 41.3. The molecule has 0 bridgehead atoms. The van der Waals surface area contributed by atoms with E-state index in [1.807, 2.05) is 291 Å². The number of hydrogen-bond donors (Lipinski definition) is 0. The van der Waals surface area contributed by atoms with Crippen molar-refractivity contribution in [1.82, 2.24) is 0 Å². The Balaban J connectivity index is 0.000000265. The molecule has 0 radical (unpaired) electrons. The van der Waals surface area contributed by atoms with Crippen molar-refractivity contribution in [3.05, 3.63) is 481 Å². The Bertz CT molecular complexity index is 5120. The van der Waals surface area contributed by atoms with Gasteiger partial charge in [-0.1, -0.05) is 437 Å². The first kappa shape index (κ1) is 110. The van der Waals surface area contributed by atoms with E-state index in [9.17, 15) is 79.2 Å². The zero-order chi connectivity index (χ0) is 92.5. The molecule has 16 aromatic carbocycles. The second-order valence-electron chi connectivity index (χ2n) is 28.2. The second-order valence-corrected chi connectivity index (χ2v) is 28.2. The third-order valence-corrected chi connectivity index (χ3v) is 19.5. The van der Waals surface area contributed by atoms with Gasteiger partial charge in [-0.25, -0.2) is 0 Å². The molecule has 0 aliphatic carbocycles. The maximum Gasteiger partial charge on any atom is 2.00 e. The van der Waals surface area contributed by atoms with E-state index in [1.165, 1.54) is 25.7 Å². The predicted octanol–water partition coefficient (Wildman–Crippen LogP) is 15.3. The Morgan fingerprint density at radius 1 is 0.142 bits per heavy atom. The van der Waals surface area contributed by atoms with Gasteiger partial charge in [0.2, 0.25) is 0 Å². The average molecular weight is 1950 g/mol. The van der Waals surface area contributed by atoms with Gasteiger partial charge in [0.1, 0.15) is 0 Å². The van der Waals surface area contributed by atoms with Crippen molar-refractivity contribution in [1.29, 1.82) is 0 Å².